The quantitative estimate of drug-likeness (QED) is 0.831. The average Bonchev–Trinajstić information content (AvgIpc) is 2.49. The fraction of sp³-hybridized carbons (Fsp3) is 0.294. The summed E-state index contributed by atoms with van der Waals surface area (Å²) in [5, 5.41) is 13.1. The lowest BCUT2D eigenvalue weighted by molar-refractivity contribution is 0.372. The maximum absolute atomic E-state index is 9.58. The Morgan fingerprint density at radius 2 is 1.81 bits per heavy atom. The predicted molar refractivity (Wildman–Crippen MR) is 88.8 cm³/mol. The Hall–Kier alpha value is -1.52. The third kappa shape index (κ3) is 4.76. The van der Waals surface area contributed by atoms with E-state index < -0.39 is 0 Å². The molecule has 21 heavy (non-hydrogen) atoms. The minimum absolute atomic E-state index is 0.171. The van der Waals surface area contributed by atoms with Crippen molar-refractivity contribution in [3.05, 3.63) is 58.1 Å². The molecule has 2 aromatic carbocycles. The third-order valence-electron chi connectivity index (χ3n) is 3.35. The van der Waals surface area contributed by atoms with Crippen molar-refractivity contribution in [3.8, 4) is 11.5 Å². The predicted octanol–water partition coefficient (Wildman–Crippen LogP) is 3.88. The van der Waals surface area contributed by atoms with E-state index in [1.807, 2.05) is 12.1 Å². The van der Waals surface area contributed by atoms with Crippen LogP contribution in [0.1, 0.15) is 18.1 Å². The highest BCUT2D eigenvalue weighted by molar-refractivity contribution is 9.10. The molecule has 0 bridgehead atoms. The van der Waals surface area contributed by atoms with Crippen LogP contribution in [0.15, 0.2) is 46.9 Å². The number of phenols is 1. The van der Waals surface area contributed by atoms with Crippen LogP contribution >= 0.6 is 15.9 Å². The number of methoxy groups -OCH3 is 1. The van der Waals surface area contributed by atoms with Crippen LogP contribution < -0.4 is 10.1 Å². The fourth-order valence-electron chi connectivity index (χ4n) is 2.17. The molecule has 0 aliphatic carbocycles. The molecule has 0 saturated heterocycles. The van der Waals surface area contributed by atoms with Gasteiger partial charge in [0.2, 0.25) is 0 Å². The summed E-state index contributed by atoms with van der Waals surface area (Å²) in [6.07, 6.45) is 0.975. The normalized spacial score (nSPS) is 12.1. The van der Waals surface area contributed by atoms with E-state index in [1.54, 1.807) is 13.2 Å². The van der Waals surface area contributed by atoms with Crippen LogP contribution in [0.3, 0.4) is 0 Å². The summed E-state index contributed by atoms with van der Waals surface area (Å²) in [5.41, 5.74) is 2.40. The second kappa shape index (κ2) is 7.48. The number of halogens is 1. The van der Waals surface area contributed by atoms with Gasteiger partial charge in [0, 0.05) is 17.1 Å². The van der Waals surface area contributed by atoms with Crippen molar-refractivity contribution in [1.82, 2.24) is 5.32 Å². The standard InChI is InChI=1S/C17H20BrNO2/c1-12(9-13-3-6-15(18)7-4-13)19-11-14-5-8-16(20)17(10-14)21-2/h3-8,10,12,19-20H,9,11H2,1-2H3. The van der Waals surface area contributed by atoms with Gasteiger partial charge < -0.3 is 15.2 Å². The second-order valence-corrected chi connectivity index (χ2v) is 6.03. The third-order valence-corrected chi connectivity index (χ3v) is 3.88. The zero-order valence-electron chi connectivity index (χ0n) is 12.3. The number of hydrogen-bond acceptors (Lipinski definition) is 3. The van der Waals surface area contributed by atoms with Gasteiger partial charge in [0.1, 0.15) is 0 Å². The van der Waals surface area contributed by atoms with Crippen LogP contribution in [-0.2, 0) is 13.0 Å². The summed E-state index contributed by atoms with van der Waals surface area (Å²) in [6.45, 7) is 2.91. The Balaban J connectivity index is 1.88. The van der Waals surface area contributed by atoms with Crippen molar-refractivity contribution in [3.63, 3.8) is 0 Å². The lowest BCUT2D eigenvalue weighted by Gasteiger charge is -2.15. The van der Waals surface area contributed by atoms with Gasteiger partial charge >= 0.3 is 0 Å². The molecule has 2 rings (SSSR count). The van der Waals surface area contributed by atoms with Gasteiger partial charge in [0.15, 0.2) is 11.5 Å². The highest BCUT2D eigenvalue weighted by atomic mass is 79.9. The number of hydrogen-bond donors (Lipinski definition) is 2. The van der Waals surface area contributed by atoms with Gasteiger partial charge in [-0.1, -0.05) is 34.1 Å². The molecule has 1 atom stereocenters. The first-order chi connectivity index (χ1) is 10.1. The molecule has 4 heteroatoms. The van der Waals surface area contributed by atoms with Crippen molar-refractivity contribution in [2.75, 3.05) is 7.11 Å². The smallest absolute Gasteiger partial charge is 0.160 e. The molecule has 0 aliphatic heterocycles. The SMILES string of the molecule is COc1cc(CNC(C)Cc2ccc(Br)cc2)ccc1O. The first-order valence-electron chi connectivity index (χ1n) is 6.92. The molecule has 2 aromatic rings. The van der Waals surface area contributed by atoms with E-state index in [4.69, 9.17) is 4.74 Å². The number of rotatable bonds is 6. The summed E-state index contributed by atoms with van der Waals surface area (Å²) < 4.78 is 6.22. The van der Waals surface area contributed by atoms with Gasteiger partial charge in [-0.2, -0.15) is 0 Å². The Kier molecular flexibility index (Phi) is 5.65. The number of aromatic hydroxyl groups is 1. The van der Waals surface area contributed by atoms with Crippen molar-refractivity contribution in [2.24, 2.45) is 0 Å². The molecule has 0 aromatic heterocycles. The van der Waals surface area contributed by atoms with E-state index in [1.165, 1.54) is 5.56 Å². The molecular weight excluding hydrogens is 330 g/mol. The monoisotopic (exact) mass is 349 g/mol. The topological polar surface area (TPSA) is 41.5 Å². The zero-order valence-corrected chi connectivity index (χ0v) is 13.9. The van der Waals surface area contributed by atoms with Gasteiger partial charge in [-0.05, 0) is 48.7 Å². The van der Waals surface area contributed by atoms with Crippen molar-refractivity contribution in [1.29, 1.82) is 0 Å². The molecule has 112 valence electrons. The maximum Gasteiger partial charge on any atom is 0.160 e. The van der Waals surface area contributed by atoms with Crippen LogP contribution in [0.2, 0.25) is 0 Å². The lowest BCUT2D eigenvalue weighted by Crippen LogP contribution is -2.27. The van der Waals surface area contributed by atoms with Crippen LogP contribution in [0, 0.1) is 0 Å². The fourth-order valence-corrected chi connectivity index (χ4v) is 2.43. The Morgan fingerprint density at radius 3 is 2.48 bits per heavy atom. The number of benzene rings is 2. The summed E-state index contributed by atoms with van der Waals surface area (Å²) in [6, 6.07) is 14.2. The molecule has 0 saturated carbocycles. The first-order valence-corrected chi connectivity index (χ1v) is 7.71. The molecule has 0 fully saturated rings. The van der Waals surface area contributed by atoms with Gasteiger partial charge in [0.05, 0.1) is 7.11 Å². The number of phenolic OH excluding ortho intramolecular Hbond substituents is 1. The molecule has 0 aliphatic rings. The van der Waals surface area contributed by atoms with Crippen molar-refractivity contribution in [2.45, 2.75) is 25.9 Å². The summed E-state index contributed by atoms with van der Waals surface area (Å²) in [5.74, 6) is 0.680. The second-order valence-electron chi connectivity index (χ2n) is 5.12. The maximum atomic E-state index is 9.58. The zero-order chi connectivity index (χ0) is 15.2. The lowest BCUT2D eigenvalue weighted by atomic mass is 10.1. The van der Waals surface area contributed by atoms with Gasteiger partial charge in [-0.25, -0.2) is 0 Å². The van der Waals surface area contributed by atoms with Crippen LogP contribution in [0.5, 0.6) is 11.5 Å². The van der Waals surface area contributed by atoms with E-state index in [2.05, 4.69) is 52.4 Å². The van der Waals surface area contributed by atoms with Gasteiger partial charge in [-0.3, -0.25) is 0 Å². The largest absolute Gasteiger partial charge is 0.504 e. The van der Waals surface area contributed by atoms with E-state index in [9.17, 15) is 5.11 Å². The molecule has 0 radical (unpaired) electrons. The molecule has 1 unspecified atom stereocenters. The number of ether oxygens (including phenoxy) is 1. The van der Waals surface area contributed by atoms with Crippen LogP contribution in [0.25, 0.3) is 0 Å². The van der Waals surface area contributed by atoms with Crippen molar-refractivity contribution >= 4 is 15.9 Å². The summed E-state index contributed by atoms with van der Waals surface area (Å²) in [7, 11) is 1.56. The molecular formula is C17H20BrNO2. The number of nitrogens with one attached hydrogen (secondary N) is 1. The summed E-state index contributed by atoms with van der Waals surface area (Å²) >= 11 is 3.44. The van der Waals surface area contributed by atoms with Gasteiger partial charge in [0.25, 0.3) is 0 Å². The first kappa shape index (κ1) is 15.9. The molecule has 0 spiro atoms. The van der Waals surface area contributed by atoms with E-state index in [-0.39, 0.29) is 5.75 Å². The minimum atomic E-state index is 0.171. The highest BCUT2D eigenvalue weighted by Crippen LogP contribution is 2.26. The van der Waals surface area contributed by atoms with E-state index >= 15 is 0 Å². The summed E-state index contributed by atoms with van der Waals surface area (Å²) in [4.78, 5) is 0. The Labute approximate surface area is 134 Å². The Morgan fingerprint density at radius 1 is 1.14 bits per heavy atom. The van der Waals surface area contributed by atoms with Gasteiger partial charge in [-0.15, -0.1) is 0 Å². The Bertz CT molecular complexity index is 584. The average molecular weight is 350 g/mol. The molecule has 2 N–H and O–H groups in total. The molecule has 0 amide bonds. The van der Waals surface area contributed by atoms with Crippen LogP contribution in [-0.4, -0.2) is 18.3 Å². The van der Waals surface area contributed by atoms with Crippen LogP contribution in [0.4, 0.5) is 0 Å². The van der Waals surface area contributed by atoms with Crippen molar-refractivity contribution < 1.29 is 9.84 Å². The van der Waals surface area contributed by atoms with E-state index in [0.29, 0.717) is 11.8 Å². The molecule has 3 nitrogen and oxygen atoms in total. The molecule has 0 heterocycles. The minimum Gasteiger partial charge on any atom is -0.504 e. The highest BCUT2D eigenvalue weighted by Gasteiger charge is 2.06. The van der Waals surface area contributed by atoms with E-state index in [0.717, 1.165) is 23.0 Å².